The van der Waals surface area contributed by atoms with Gasteiger partial charge in [-0.25, -0.2) is 23.9 Å². The van der Waals surface area contributed by atoms with E-state index in [0.29, 0.717) is 34.1 Å². The van der Waals surface area contributed by atoms with Gasteiger partial charge >= 0.3 is 0 Å². The minimum absolute atomic E-state index is 0.129. The van der Waals surface area contributed by atoms with Crippen LogP contribution in [0, 0.1) is 23.7 Å². The SMILES string of the molecule is C#Cc1ccc(Nc2cc(NNc3ccc(C#N)cn3)ncc2C(=O)NOCC)c(N(C)S(C)(=O)=O)c1. The van der Waals surface area contributed by atoms with E-state index < -0.39 is 15.9 Å². The molecule has 37 heavy (non-hydrogen) atoms. The number of aromatic nitrogens is 2. The molecule has 0 saturated carbocycles. The van der Waals surface area contributed by atoms with Gasteiger partial charge in [-0.15, -0.1) is 6.42 Å². The summed E-state index contributed by atoms with van der Waals surface area (Å²) in [5, 5.41) is 12.0. The number of hydrazine groups is 1. The lowest BCUT2D eigenvalue weighted by atomic mass is 10.1. The number of carbonyl (C=O) groups excluding carboxylic acids is 1. The van der Waals surface area contributed by atoms with Gasteiger partial charge in [-0.3, -0.25) is 24.8 Å². The van der Waals surface area contributed by atoms with Crippen LogP contribution in [0.25, 0.3) is 0 Å². The molecule has 12 nitrogen and oxygen atoms in total. The molecule has 0 atom stereocenters. The van der Waals surface area contributed by atoms with Crippen molar-refractivity contribution < 1.29 is 18.0 Å². The van der Waals surface area contributed by atoms with Gasteiger partial charge in [-0.1, -0.05) is 5.92 Å². The van der Waals surface area contributed by atoms with Crippen molar-refractivity contribution >= 4 is 44.6 Å². The summed E-state index contributed by atoms with van der Waals surface area (Å²) in [5.41, 5.74) is 10.00. The fraction of sp³-hybridized carbons (Fsp3) is 0.167. The Hall–Kier alpha value is -4.85. The lowest BCUT2D eigenvalue weighted by Gasteiger charge is -2.22. The van der Waals surface area contributed by atoms with E-state index in [2.05, 4.69) is 37.5 Å². The Bertz CT molecular complexity index is 1480. The number of nitrogens with zero attached hydrogens (tertiary/aromatic N) is 4. The van der Waals surface area contributed by atoms with Crippen molar-refractivity contribution in [1.82, 2.24) is 15.4 Å². The molecular formula is C24H24N8O4S. The highest BCUT2D eigenvalue weighted by atomic mass is 32.2. The van der Waals surface area contributed by atoms with Crippen LogP contribution >= 0.6 is 0 Å². The lowest BCUT2D eigenvalue weighted by Crippen LogP contribution is -2.26. The zero-order valence-electron chi connectivity index (χ0n) is 20.2. The number of nitrogens with one attached hydrogen (secondary N) is 4. The molecule has 190 valence electrons. The summed E-state index contributed by atoms with van der Waals surface area (Å²) in [5.74, 6) is 2.65. The van der Waals surface area contributed by atoms with E-state index in [-0.39, 0.29) is 17.9 Å². The van der Waals surface area contributed by atoms with Crippen LogP contribution in [-0.2, 0) is 14.9 Å². The number of hydrogen-bond acceptors (Lipinski definition) is 10. The second-order valence-corrected chi connectivity index (χ2v) is 9.52. The molecule has 13 heteroatoms. The highest BCUT2D eigenvalue weighted by Crippen LogP contribution is 2.32. The number of hydroxylamine groups is 1. The largest absolute Gasteiger partial charge is 0.353 e. The number of sulfonamides is 1. The van der Waals surface area contributed by atoms with Crippen LogP contribution in [0.1, 0.15) is 28.4 Å². The number of hydrogen-bond donors (Lipinski definition) is 4. The number of nitriles is 1. The zero-order valence-corrected chi connectivity index (χ0v) is 21.0. The molecule has 3 aromatic rings. The van der Waals surface area contributed by atoms with Crippen LogP contribution in [0.15, 0.2) is 48.8 Å². The molecule has 2 heterocycles. The molecule has 3 rings (SSSR count). The fourth-order valence-corrected chi connectivity index (χ4v) is 3.48. The van der Waals surface area contributed by atoms with E-state index in [1.165, 1.54) is 25.5 Å². The minimum atomic E-state index is -3.62. The Morgan fingerprint density at radius 1 is 1.08 bits per heavy atom. The average Bonchev–Trinajstić information content (AvgIpc) is 2.90. The number of rotatable bonds is 10. The summed E-state index contributed by atoms with van der Waals surface area (Å²) in [6.45, 7) is 1.97. The van der Waals surface area contributed by atoms with Gasteiger partial charge in [-0.05, 0) is 37.3 Å². The van der Waals surface area contributed by atoms with Crippen molar-refractivity contribution in [1.29, 1.82) is 5.26 Å². The number of pyridine rings is 2. The third kappa shape index (κ3) is 6.85. The number of anilines is 5. The molecule has 0 aliphatic rings. The van der Waals surface area contributed by atoms with Gasteiger partial charge in [0.1, 0.15) is 17.7 Å². The first-order valence-electron chi connectivity index (χ1n) is 10.8. The van der Waals surface area contributed by atoms with Gasteiger partial charge in [0.05, 0.1) is 41.1 Å². The minimum Gasteiger partial charge on any atom is -0.353 e. The average molecular weight is 521 g/mol. The normalized spacial score (nSPS) is 10.5. The van der Waals surface area contributed by atoms with Gasteiger partial charge in [0.25, 0.3) is 5.91 Å². The van der Waals surface area contributed by atoms with E-state index in [4.69, 9.17) is 16.5 Å². The van der Waals surface area contributed by atoms with Gasteiger partial charge < -0.3 is 5.32 Å². The number of terminal acetylenes is 1. The predicted molar refractivity (Wildman–Crippen MR) is 140 cm³/mol. The van der Waals surface area contributed by atoms with Crippen molar-refractivity contribution in [2.24, 2.45) is 0 Å². The second kappa shape index (κ2) is 11.7. The Labute approximate surface area is 214 Å². The van der Waals surface area contributed by atoms with Gasteiger partial charge in [0.2, 0.25) is 10.0 Å². The number of carbonyl (C=O) groups is 1. The maximum atomic E-state index is 12.7. The van der Waals surface area contributed by atoms with Crippen LogP contribution in [0.3, 0.4) is 0 Å². The van der Waals surface area contributed by atoms with Crippen molar-refractivity contribution in [3.05, 3.63) is 65.5 Å². The van der Waals surface area contributed by atoms with Crippen LogP contribution in [0.2, 0.25) is 0 Å². The van der Waals surface area contributed by atoms with Crippen LogP contribution in [-0.4, -0.2) is 44.2 Å². The summed E-state index contributed by atoms with van der Waals surface area (Å²) in [6.07, 6.45) is 9.31. The maximum Gasteiger partial charge on any atom is 0.278 e. The lowest BCUT2D eigenvalue weighted by molar-refractivity contribution is 0.0365. The molecular weight excluding hydrogens is 496 g/mol. The van der Waals surface area contributed by atoms with Gasteiger partial charge in [-0.2, -0.15) is 5.26 Å². The molecule has 0 aliphatic heterocycles. The Balaban J connectivity index is 1.98. The number of benzene rings is 1. The first-order chi connectivity index (χ1) is 17.7. The summed E-state index contributed by atoms with van der Waals surface area (Å²) in [4.78, 5) is 26.1. The monoisotopic (exact) mass is 520 g/mol. The van der Waals surface area contributed by atoms with Crippen molar-refractivity contribution in [2.75, 3.05) is 40.4 Å². The summed E-state index contributed by atoms with van der Waals surface area (Å²) in [7, 11) is -2.23. The second-order valence-electron chi connectivity index (χ2n) is 7.50. The molecule has 0 aliphatic carbocycles. The van der Waals surface area contributed by atoms with Crippen molar-refractivity contribution in [3.63, 3.8) is 0 Å². The maximum absolute atomic E-state index is 12.7. The van der Waals surface area contributed by atoms with Crippen LogP contribution in [0.5, 0.6) is 0 Å². The molecule has 0 bridgehead atoms. The molecule has 0 fully saturated rings. The van der Waals surface area contributed by atoms with Crippen molar-refractivity contribution in [2.45, 2.75) is 6.92 Å². The quantitative estimate of drug-likeness (QED) is 0.231. The third-order valence-electron chi connectivity index (χ3n) is 4.94. The first kappa shape index (κ1) is 26.7. The van der Waals surface area contributed by atoms with E-state index in [0.717, 1.165) is 10.6 Å². The molecule has 1 amide bonds. The highest BCUT2D eigenvalue weighted by Gasteiger charge is 2.19. The summed E-state index contributed by atoms with van der Waals surface area (Å²) >= 11 is 0. The van der Waals surface area contributed by atoms with Crippen LogP contribution in [0.4, 0.5) is 28.7 Å². The van der Waals surface area contributed by atoms with E-state index in [1.54, 1.807) is 37.3 Å². The van der Waals surface area contributed by atoms with Crippen LogP contribution < -0.4 is 26.0 Å². The van der Waals surface area contributed by atoms with E-state index in [9.17, 15) is 13.2 Å². The molecule has 0 saturated heterocycles. The molecule has 0 unspecified atom stereocenters. The third-order valence-corrected chi connectivity index (χ3v) is 6.13. The molecule has 2 aromatic heterocycles. The van der Waals surface area contributed by atoms with E-state index >= 15 is 0 Å². The Kier molecular flexibility index (Phi) is 8.47. The Morgan fingerprint density at radius 2 is 1.78 bits per heavy atom. The highest BCUT2D eigenvalue weighted by molar-refractivity contribution is 7.92. The first-order valence-corrected chi connectivity index (χ1v) is 12.6. The molecule has 0 spiro atoms. The summed E-state index contributed by atoms with van der Waals surface area (Å²) in [6, 6.07) is 11.5. The Morgan fingerprint density at radius 3 is 2.41 bits per heavy atom. The van der Waals surface area contributed by atoms with E-state index in [1.807, 2.05) is 6.07 Å². The van der Waals surface area contributed by atoms with Gasteiger partial charge in [0.15, 0.2) is 0 Å². The molecule has 1 aromatic carbocycles. The molecule has 4 N–H and O–H groups in total. The zero-order chi connectivity index (χ0) is 27.0. The predicted octanol–water partition coefficient (Wildman–Crippen LogP) is 2.59. The van der Waals surface area contributed by atoms with Gasteiger partial charge in [0, 0.05) is 31.1 Å². The smallest absolute Gasteiger partial charge is 0.278 e. The standard InChI is InChI=1S/C24H24N8O4S/c1-5-16-7-9-19(21(11-16)32(3)37(4,34)35)28-20-12-23(27-15-18(20)24(33)31-36-6-2)30-29-22-10-8-17(13-25)14-26-22/h1,7-12,14-15H,6H2,2-4H3,(H,26,29)(H,31,33)(H2,27,28,30). The number of amides is 1. The molecule has 0 radical (unpaired) electrons. The fourth-order valence-electron chi connectivity index (χ4n) is 2.97. The van der Waals surface area contributed by atoms with Crippen molar-refractivity contribution in [3.8, 4) is 18.4 Å². The summed E-state index contributed by atoms with van der Waals surface area (Å²) < 4.78 is 25.6. The topological polar surface area (TPSA) is 161 Å².